The molecule has 7 nitrogen and oxygen atoms in total. The summed E-state index contributed by atoms with van der Waals surface area (Å²) in [6, 6.07) is 12.5. The van der Waals surface area contributed by atoms with Crippen molar-refractivity contribution < 1.29 is 19.1 Å². The second kappa shape index (κ2) is 8.65. The number of hydrogen-bond donors (Lipinski definition) is 1. The monoisotopic (exact) mass is 401 g/mol. The quantitative estimate of drug-likeness (QED) is 0.505. The van der Waals surface area contributed by atoms with E-state index in [9.17, 15) is 14.4 Å². The molecule has 0 aliphatic heterocycles. The Kier molecular flexibility index (Phi) is 6.05. The van der Waals surface area contributed by atoms with Crippen LogP contribution >= 0.6 is 23.1 Å². The zero-order valence-corrected chi connectivity index (χ0v) is 15.9. The van der Waals surface area contributed by atoms with Gasteiger partial charge < -0.3 is 4.74 Å². The summed E-state index contributed by atoms with van der Waals surface area (Å²) in [7, 11) is 0. The average molecular weight is 401 g/mol. The molecule has 3 rings (SSSR count). The second-order valence-corrected chi connectivity index (χ2v) is 6.95. The number of esters is 1. The molecule has 0 aliphatic rings. The average Bonchev–Trinajstić information content (AvgIpc) is 3.36. The number of aromatic nitrogens is 2. The van der Waals surface area contributed by atoms with Gasteiger partial charge in [0.1, 0.15) is 0 Å². The Morgan fingerprint density at radius 1 is 1.19 bits per heavy atom. The van der Waals surface area contributed by atoms with Gasteiger partial charge in [-0.25, -0.2) is 9.78 Å². The summed E-state index contributed by atoms with van der Waals surface area (Å²) in [5.41, 5.74) is 0.951. The molecule has 0 aliphatic carbocycles. The minimum absolute atomic E-state index is 0.197. The van der Waals surface area contributed by atoms with Crippen LogP contribution in [-0.4, -0.2) is 40.2 Å². The van der Waals surface area contributed by atoms with Crippen molar-refractivity contribution in [1.82, 2.24) is 14.9 Å². The number of thiophene rings is 1. The summed E-state index contributed by atoms with van der Waals surface area (Å²) in [5, 5.41) is 4.53. The lowest BCUT2D eigenvalue weighted by atomic mass is 10.3. The smallest absolute Gasteiger partial charge is 0.357 e. The topological polar surface area (TPSA) is 90.3 Å². The Bertz CT molecular complexity index is 952. The van der Waals surface area contributed by atoms with Crippen molar-refractivity contribution >= 4 is 40.9 Å². The van der Waals surface area contributed by atoms with Crippen LogP contribution < -0.4 is 5.32 Å². The van der Waals surface area contributed by atoms with Crippen molar-refractivity contribution in [1.29, 1.82) is 0 Å². The number of para-hydroxylation sites is 1. The molecule has 2 heterocycles. The summed E-state index contributed by atoms with van der Waals surface area (Å²) in [4.78, 5) is 40.8. The molecule has 1 aromatic carbocycles. The van der Waals surface area contributed by atoms with Crippen molar-refractivity contribution in [2.24, 2.45) is 0 Å². The van der Waals surface area contributed by atoms with E-state index >= 15 is 0 Å². The number of carbonyl (C=O) groups excluding carboxylic acids is 3. The Hall–Kier alpha value is -2.91. The van der Waals surface area contributed by atoms with Crippen molar-refractivity contribution in [3.63, 3.8) is 0 Å². The maximum atomic E-state index is 12.4. The third kappa shape index (κ3) is 4.44. The summed E-state index contributed by atoms with van der Waals surface area (Å²) in [6.45, 7) is -0.565. The Morgan fingerprint density at radius 2 is 1.96 bits per heavy atom. The lowest BCUT2D eigenvalue weighted by Gasteiger charge is -2.10. The van der Waals surface area contributed by atoms with Crippen LogP contribution in [-0.2, 0) is 9.53 Å². The number of benzene rings is 1. The highest BCUT2D eigenvalue weighted by atomic mass is 32.2. The van der Waals surface area contributed by atoms with E-state index in [0.717, 1.165) is 5.69 Å². The first-order chi connectivity index (χ1) is 13.1. The molecule has 1 N–H and O–H groups in total. The Labute approximate surface area is 163 Å². The predicted octanol–water partition coefficient (Wildman–Crippen LogP) is 2.77. The molecule has 0 spiro atoms. The van der Waals surface area contributed by atoms with Crippen LogP contribution in [0.25, 0.3) is 5.69 Å². The zero-order valence-electron chi connectivity index (χ0n) is 14.2. The first-order valence-corrected chi connectivity index (χ1v) is 9.92. The van der Waals surface area contributed by atoms with Gasteiger partial charge >= 0.3 is 5.97 Å². The van der Waals surface area contributed by atoms with Gasteiger partial charge in [0.05, 0.1) is 11.1 Å². The number of nitrogens with zero attached hydrogens (tertiary/aromatic N) is 2. The highest BCUT2D eigenvalue weighted by Crippen LogP contribution is 2.22. The fourth-order valence-corrected chi connectivity index (χ4v) is 3.45. The fraction of sp³-hybridized carbons (Fsp3) is 0.111. The summed E-state index contributed by atoms with van der Waals surface area (Å²) < 4.78 is 6.71. The highest BCUT2D eigenvalue weighted by Gasteiger charge is 2.20. The van der Waals surface area contributed by atoms with Gasteiger partial charge in [-0.05, 0) is 29.8 Å². The number of hydrogen-bond acceptors (Lipinski definition) is 7. The first-order valence-electron chi connectivity index (χ1n) is 7.82. The van der Waals surface area contributed by atoms with Gasteiger partial charge in [-0.1, -0.05) is 36.0 Å². The third-order valence-corrected chi connectivity index (χ3v) is 4.99. The standard InChI is InChI=1S/C18H15N3O4S2/c1-26-18-19-10-13(21(18)12-6-3-2-4-7-12)17(24)25-11-15(22)20-16(23)14-8-5-9-27-14/h2-10H,11H2,1H3,(H,20,22,23). The number of carbonyl (C=O) groups is 3. The van der Waals surface area contributed by atoms with Crippen molar-refractivity contribution in [3.05, 3.63) is 64.6 Å². The number of nitrogens with one attached hydrogen (secondary N) is 1. The van der Waals surface area contributed by atoms with Crippen LogP contribution in [0.3, 0.4) is 0 Å². The molecule has 0 unspecified atom stereocenters. The first kappa shape index (κ1) is 18.9. The minimum atomic E-state index is -0.703. The van der Waals surface area contributed by atoms with Crippen LogP contribution in [0.2, 0.25) is 0 Å². The van der Waals surface area contributed by atoms with Crippen LogP contribution in [0, 0.1) is 0 Å². The van der Waals surface area contributed by atoms with Crippen LogP contribution in [0.15, 0.2) is 59.2 Å². The van der Waals surface area contributed by atoms with Crippen molar-refractivity contribution in [3.8, 4) is 5.69 Å². The SMILES string of the molecule is CSc1ncc(C(=O)OCC(=O)NC(=O)c2cccs2)n1-c1ccccc1. The number of imide groups is 1. The van der Waals surface area contributed by atoms with Crippen molar-refractivity contribution in [2.45, 2.75) is 5.16 Å². The molecule has 27 heavy (non-hydrogen) atoms. The number of amides is 2. The molecule has 138 valence electrons. The van der Waals surface area contributed by atoms with E-state index in [-0.39, 0.29) is 5.69 Å². The van der Waals surface area contributed by atoms with E-state index in [1.807, 2.05) is 36.6 Å². The molecule has 0 fully saturated rings. The molecule has 0 saturated carbocycles. The van der Waals surface area contributed by atoms with Gasteiger partial charge in [-0.3, -0.25) is 19.5 Å². The molecule has 0 radical (unpaired) electrons. The maximum Gasteiger partial charge on any atom is 0.357 e. The molecule has 2 amide bonds. The molecule has 0 atom stereocenters. The minimum Gasteiger partial charge on any atom is -0.451 e. The van der Waals surface area contributed by atoms with Crippen LogP contribution in [0.5, 0.6) is 0 Å². The second-order valence-electron chi connectivity index (χ2n) is 5.23. The number of imidazole rings is 1. The van der Waals surface area contributed by atoms with E-state index in [0.29, 0.717) is 10.0 Å². The third-order valence-electron chi connectivity index (χ3n) is 3.47. The lowest BCUT2D eigenvalue weighted by Crippen LogP contribution is -2.33. The number of ether oxygens (including phenoxy) is 1. The summed E-state index contributed by atoms with van der Waals surface area (Å²) >= 11 is 2.59. The van der Waals surface area contributed by atoms with Gasteiger partial charge in [0.2, 0.25) is 0 Å². The molecule has 3 aromatic rings. The fourth-order valence-electron chi connectivity index (χ4n) is 2.29. The number of rotatable bonds is 6. The van der Waals surface area contributed by atoms with Gasteiger partial charge in [-0.2, -0.15) is 0 Å². The van der Waals surface area contributed by atoms with E-state index in [2.05, 4.69) is 10.3 Å². The number of thioether (sulfide) groups is 1. The van der Waals surface area contributed by atoms with Crippen LogP contribution in [0.4, 0.5) is 0 Å². The molecule has 0 saturated heterocycles. The summed E-state index contributed by atoms with van der Waals surface area (Å²) in [5.74, 6) is -1.92. The maximum absolute atomic E-state index is 12.4. The Morgan fingerprint density at radius 3 is 2.63 bits per heavy atom. The van der Waals surface area contributed by atoms with Crippen LogP contribution in [0.1, 0.15) is 20.2 Å². The molecular weight excluding hydrogens is 386 g/mol. The van der Waals surface area contributed by atoms with Gasteiger partial charge in [0, 0.05) is 5.69 Å². The predicted molar refractivity (Wildman–Crippen MR) is 102 cm³/mol. The molecule has 9 heteroatoms. The molecule has 0 bridgehead atoms. The van der Waals surface area contributed by atoms with Gasteiger partial charge in [-0.15, -0.1) is 11.3 Å². The van der Waals surface area contributed by atoms with E-state index in [1.165, 1.54) is 29.3 Å². The normalized spacial score (nSPS) is 10.4. The largest absolute Gasteiger partial charge is 0.451 e. The highest BCUT2D eigenvalue weighted by molar-refractivity contribution is 7.98. The van der Waals surface area contributed by atoms with E-state index < -0.39 is 24.4 Å². The Balaban J connectivity index is 1.67. The molecular formula is C18H15N3O4S2. The van der Waals surface area contributed by atoms with E-state index in [1.54, 1.807) is 22.1 Å². The van der Waals surface area contributed by atoms with Crippen molar-refractivity contribution in [2.75, 3.05) is 12.9 Å². The van der Waals surface area contributed by atoms with E-state index in [4.69, 9.17) is 4.74 Å². The zero-order chi connectivity index (χ0) is 19.2. The van der Waals surface area contributed by atoms with Gasteiger partial charge in [0.15, 0.2) is 17.5 Å². The lowest BCUT2D eigenvalue weighted by molar-refractivity contribution is -0.123. The molecule has 2 aromatic heterocycles. The summed E-state index contributed by atoms with van der Waals surface area (Å²) in [6.07, 6.45) is 3.25. The van der Waals surface area contributed by atoms with Gasteiger partial charge in [0.25, 0.3) is 11.8 Å².